The van der Waals surface area contributed by atoms with Crippen molar-refractivity contribution in [3.63, 3.8) is 0 Å². The summed E-state index contributed by atoms with van der Waals surface area (Å²) in [6.07, 6.45) is 8.06. The first-order chi connectivity index (χ1) is 11.2. The van der Waals surface area contributed by atoms with Crippen LogP contribution in [0.2, 0.25) is 0 Å². The largest absolute Gasteiger partial charge is 0.395 e. The summed E-state index contributed by atoms with van der Waals surface area (Å²) in [4.78, 5) is 21.0. The summed E-state index contributed by atoms with van der Waals surface area (Å²) in [6.45, 7) is 2.62. The van der Waals surface area contributed by atoms with Gasteiger partial charge in [0.05, 0.1) is 11.5 Å². The highest BCUT2D eigenvalue weighted by Crippen LogP contribution is 2.33. The maximum atomic E-state index is 11.6. The number of hydrogen-bond donors (Lipinski definition) is 2. The van der Waals surface area contributed by atoms with Gasteiger partial charge in [-0.15, -0.1) is 0 Å². The second-order valence-electron chi connectivity index (χ2n) is 5.79. The first kappa shape index (κ1) is 17.4. The fourth-order valence-corrected chi connectivity index (χ4v) is 3.03. The van der Waals surface area contributed by atoms with Crippen LogP contribution in [0.15, 0.2) is 6.33 Å². The van der Waals surface area contributed by atoms with Gasteiger partial charge in [0.15, 0.2) is 0 Å². The van der Waals surface area contributed by atoms with Gasteiger partial charge >= 0.3 is 5.69 Å². The zero-order valence-electron chi connectivity index (χ0n) is 13.6. The number of anilines is 2. The molecule has 0 spiro atoms. The van der Waals surface area contributed by atoms with Crippen LogP contribution in [0, 0.1) is 10.1 Å². The summed E-state index contributed by atoms with van der Waals surface area (Å²) in [5.74, 6) is 0.543. The van der Waals surface area contributed by atoms with Crippen LogP contribution in [0.1, 0.15) is 45.4 Å². The Balaban J connectivity index is 2.29. The van der Waals surface area contributed by atoms with Gasteiger partial charge in [-0.2, -0.15) is 0 Å². The highest BCUT2D eigenvalue weighted by Gasteiger charge is 2.27. The second-order valence-corrected chi connectivity index (χ2v) is 5.79. The van der Waals surface area contributed by atoms with Crippen LogP contribution in [0.3, 0.4) is 0 Å². The van der Waals surface area contributed by atoms with Gasteiger partial charge < -0.3 is 15.3 Å². The standard InChI is InChI=1S/C15H25N5O3/c1-2-19(9-10-21)15-13(20(22)23)14(16-11-17-15)18-12-7-5-3-4-6-8-12/h11-12,21H,2-10H2,1H3,(H,16,17,18). The average molecular weight is 323 g/mol. The molecular weight excluding hydrogens is 298 g/mol. The normalized spacial score (nSPS) is 15.9. The van der Waals surface area contributed by atoms with Crippen molar-refractivity contribution < 1.29 is 10.0 Å². The first-order valence-corrected chi connectivity index (χ1v) is 8.29. The summed E-state index contributed by atoms with van der Waals surface area (Å²) in [5, 5.41) is 24.0. The fraction of sp³-hybridized carbons (Fsp3) is 0.733. The Labute approximate surface area is 136 Å². The number of nitrogens with zero attached hydrogens (tertiary/aromatic N) is 4. The van der Waals surface area contributed by atoms with Crippen molar-refractivity contribution in [2.45, 2.75) is 51.5 Å². The molecule has 8 nitrogen and oxygen atoms in total. The molecule has 0 aromatic carbocycles. The quantitative estimate of drug-likeness (QED) is 0.451. The third-order valence-electron chi connectivity index (χ3n) is 4.23. The number of likely N-dealkylation sites (N-methyl/N-ethyl adjacent to an activating group) is 1. The predicted molar refractivity (Wildman–Crippen MR) is 88.8 cm³/mol. The maximum Gasteiger partial charge on any atom is 0.353 e. The summed E-state index contributed by atoms with van der Waals surface area (Å²) >= 11 is 0. The van der Waals surface area contributed by atoms with Gasteiger partial charge in [0.25, 0.3) is 0 Å². The van der Waals surface area contributed by atoms with Crippen LogP contribution in [0.4, 0.5) is 17.3 Å². The molecule has 2 rings (SSSR count). The molecule has 2 N–H and O–H groups in total. The maximum absolute atomic E-state index is 11.6. The molecule has 1 aromatic heterocycles. The molecule has 1 saturated carbocycles. The van der Waals surface area contributed by atoms with Crippen molar-refractivity contribution in [3.05, 3.63) is 16.4 Å². The van der Waals surface area contributed by atoms with E-state index < -0.39 is 4.92 Å². The average Bonchev–Trinajstić information content (AvgIpc) is 2.81. The summed E-state index contributed by atoms with van der Waals surface area (Å²) in [5.41, 5.74) is -0.105. The van der Waals surface area contributed by atoms with E-state index in [-0.39, 0.29) is 30.0 Å². The second kappa shape index (κ2) is 8.61. The summed E-state index contributed by atoms with van der Waals surface area (Å²) in [7, 11) is 0. The lowest BCUT2D eigenvalue weighted by Crippen LogP contribution is -2.29. The molecule has 0 unspecified atom stereocenters. The lowest BCUT2D eigenvalue weighted by Gasteiger charge is -2.22. The van der Waals surface area contributed by atoms with E-state index in [4.69, 9.17) is 5.11 Å². The number of aromatic nitrogens is 2. The van der Waals surface area contributed by atoms with Crippen LogP contribution in [0.5, 0.6) is 0 Å². The van der Waals surface area contributed by atoms with Gasteiger partial charge in [0, 0.05) is 19.1 Å². The highest BCUT2D eigenvalue weighted by atomic mass is 16.6. The third kappa shape index (κ3) is 4.51. The smallest absolute Gasteiger partial charge is 0.353 e. The van der Waals surface area contributed by atoms with Crippen molar-refractivity contribution in [2.75, 3.05) is 29.9 Å². The van der Waals surface area contributed by atoms with Crippen molar-refractivity contribution in [3.8, 4) is 0 Å². The van der Waals surface area contributed by atoms with Gasteiger partial charge in [-0.25, -0.2) is 9.97 Å². The molecule has 1 aromatic rings. The topological polar surface area (TPSA) is 104 Å². The molecule has 1 fully saturated rings. The molecule has 0 amide bonds. The Kier molecular flexibility index (Phi) is 6.52. The van der Waals surface area contributed by atoms with E-state index in [0.29, 0.717) is 13.1 Å². The van der Waals surface area contributed by atoms with Crippen LogP contribution in [-0.4, -0.2) is 45.7 Å². The number of hydrogen-bond acceptors (Lipinski definition) is 7. The lowest BCUT2D eigenvalue weighted by atomic mass is 10.1. The number of aliphatic hydroxyl groups excluding tert-OH is 1. The van der Waals surface area contributed by atoms with Gasteiger partial charge in [-0.05, 0) is 19.8 Å². The molecular formula is C15H25N5O3. The van der Waals surface area contributed by atoms with Crippen molar-refractivity contribution >= 4 is 17.3 Å². The Morgan fingerprint density at radius 3 is 2.61 bits per heavy atom. The summed E-state index contributed by atoms with van der Waals surface area (Å²) in [6, 6.07) is 0.215. The molecule has 0 saturated heterocycles. The van der Waals surface area contributed by atoms with Gasteiger partial charge in [0.1, 0.15) is 6.33 Å². The Morgan fingerprint density at radius 1 is 1.35 bits per heavy atom. The van der Waals surface area contributed by atoms with Crippen LogP contribution >= 0.6 is 0 Å². The fourth-order valence-electron chi connectivity index (χ4n) is 3.03. The zero-order chi connectivity index (χ0) is 16.7. The van der Waals surface area contributed by atoms with E-state index in [1.54, 1.807) is 4.90 Å². The third-order valence-corrected chi connectivity index (χ3v) is 4.23. The number of nitrogens with one attached hydrogen (secondary N) is 1. The predicted octanol–water partition coefficient (Wildman–Crippen LogP) is 2.34. The number of rotatable bonds is 7. The first-order valence-electron chi connectivity index (χ1n) is 8.29. The molecule has 1 aliphatic carbocycles. The van der Waals surface area contributed by atoms with E-state index >= 15 is 0 Å². The molecule has 0 radical (unpaired) electrons. The molecule has 0 atom stereocenters. The van der Waals surface area contributed by atoms with Crippen molar-refractivity contribution in [1.29, 1.82) is 0 Å². The van der Waals surface area contributed by atoms with E-state index in [0.717, 1.165) is 25.7 Å². The van der Waals surface area contributed by atoms with Crippen molar-refractivity contribution in [1.82, 2.24) is 9.97 Å². The number of nitro groups is 1. The Hall–Kier alpha value is -1.96. The van der Waals surface area contributed by atoms with Crippen LogP contribution < -0.4 is 10.2 Å². The zero-order valence-corrected chi connectivity index (χ0v) is 13.6. The molecule has 0 aliphatic heterocycles. The van der Waals surface area contributed by atoms with Gasteiger partial charge in [-0.3, -0.25) is 10.1 Å². The Bertz CT molecular complexity index is 518. The minimum absolute atomic E-state index is 0.0830. The van der Waals surface area contributed by atoms with Gasteiger partial charge in [-0.1, -0.05) is 25.7 Å². The lowest BCUT2D eigenvalue weighted by molar-refractivity contribution is -0.383. The van der Waals surface area contributed by atoms with E-state index in [1.807, 2.05) is 6.92 Å². The molecule has 23 heavy (non-hydrogen) atoms. The Morgan fingerprint density at radius 2 is 2.04 bits per heavy atom. The monoisotopic (exact) mass is 323 g/mol. The highest BCUT2D eigenvalue weighted by molar-refractivity contribution is 5.70. The minimum Gasteiger partial charge on any atom is -0.395 e. The van der Waals surface area contributed by atoms with E-state index in [2.05, 4.69) is 15.3 Å². The van der Waals surface area contributed by atoms with Crippen LogP contribution in [-0.2, 0) is 0 Å². The molecule has 0 bridgehead atoms. The summed E-state index contributed by atoms with van der Waals surface area (Å²) < 4.78 is 0. The molecule has 8 heteroatoms. The van der Waals surface area contributed by atoms with E-state index in [9.17, 15) is 10.1 Å². The minimum atomic E-state index is -0.436. The SMILES string of the molecule is CCN(CCO)c1ncnc(NC2CCCCCC2)c1[N+](=O)[O-]. The number of aliphatic hydroxyl groups is 1. The molecule has 1 heterocycles. The van der Waals surface area contributed by atoms with Crippen molar-refractivity contribution in [2.24, 2.45) is 0 Å². The van der Waals surface area contributed by atoms with E-state index in [1.165, 1.54) is 19.2 Å². The molecule has 128 valence electrons. The van der Waals surface area contributed by atoms with Crippen LogP contribution in [0.25, 0.3) is 0 Å². The van der Waals surface area contributed by atoms with Gasteiger partial charge in [0.2, 0.25) is 11.6 Å². The molecule has 1 aliphatic rings.